The number of carbonyl (C=O) groups excluding carboxylic acids is 1. The summed E-state index contributed by atoms with van der Waals surface area (Å²) >= 11 is 0. The van der Waals surface area contributed by atoms with Gasteiger partial charge >= 0.3 is 0 Å². The molecule has 0 spiro atoms. The molecule has 0 bridgehead atoms. The topological polar surface area (TPSA) is 67.8 Å². The van der Waals surface area contributed by atoms with Crippen molar-refractivity contribution in [2.24, 2.45) is 0 Å². The van der Waals surface area contributed by atoms with E-state index in [9.17, 15) is 9.90 Å². The number of hydrogen-bond acceptors (Lipinski definition) is 4. The van der Waals surface area contributed by atoms with E-state index in [1.807, 2.05) is 18.2 Å². The Labute approximate surface area is 116 Å². The summed E-state index contributed by atoms with van der Waals surface area (Å²) in [4.78, 5) is 12.1. The number of ether oxygens (including phenoxy) is 2. The number of benzene rings is 2. The summed E-state index contributed by atoms with van der Waals surface area (Å²) in [6.45, 7) is 0. The van der Waals surface area contributed by atoms with Gasteiger partial charge in [0.25, 0.3) is 5.91 Å². The van der Waals surface area contributed by atoms with Crippen LogP contribution in [-0.4, -0.2) is 25.2 Å². The fourth-order valence-electron chi connectivity index (χ4n) is 1.77. The molecule has 0 heterocycles. The molecular weight excluding hydrogens is 258 g/mol. The molecule has 2 aromatic rings. The van der Waals surface area contributed by atoms with Crippen molar-refractivity contribution in [3.05, 3.63) is 48.0 Å². The molecule has 0 unspecified atom stereocenters. The second kappa shape index (κ2) is 5.97. The lowest BCUT2D eigenvalue weighted by Crippen LogP contribution is -2.12. The molecule has 5 heteroatoms. The zero-order valence-electron chi connectivity index (χ0n) is 11.2. The number of phenols is 1. The summed E-state index contributed by atoms with van der Waals surface area (Å²) in [6, 6.07) is 11.8. The summed E-state index contributed by atoms with van der Waals surface area (Å²) < 4.78 is 10.2. The van der Waals surface area contributed by atoms with Crippen LogP contribution in [-0.2, 0) is 0 Å². The highest BCUT2D eigenvalue weighted by Crippen LogP contribution is 2.34. The molecule has 0 saturated heterocycles. The molecule has 2 rings (SSSR count). The monoisotopic (exact) mass is 273 g/mol. The van der Waals surface area contributed by atoms with E-state index in [4.69, 9.17) is 9.47 Å². The Bertz CT molecular complexity index is 611. The van der Waals surface area contributed by atoms with Gasteiger partial charge in [0, 0.05) is 17.8 Å². The SMILES string of the molecule is COc1cc(O)c(C(=O)Nc2ccccc2)cc1OC. The van der Waals surface area contributed by atoms with Crippen LogP contribution in [0.2, 0.25) is 0 Å². The Morgan fingerprint density at radius 1 is 1.05 bits per heavy atom. The molecule has 1 amide bonds. The van der Waals surface area contributed by atoms with Crippen LogP contribution < -0.4 is 14.8 Å². The maximum absolute atomic E-state index is 12.1. The Morgan fingerprint density at radius 3 is 2.25 bits per heavy atom. The predicted octanol–water partition coefficient (Wildman–Crippen LogP) is 2.66. The minimum Gasteiger partial charge on any atom is -0.507 e. The first-order chi connectivity index (χ1) is 9.65. The minimum atomic E-state index is -0.422. The summed E-state index contributed by atoms with van der Waals surface area (Å²) in [5, 5.41) is 12.6. The van der Waals surface area contributed by atoms with Gasteiger partial charge in [0.05, 0.1) is 19.8 Å². The minimum absolute atomic E-state index is 0.117. The summed E-state index contributed by atoms with van der Waals surface area (Å²) in [6.07, 6.45) is 0. The van der Waals surface area contributed by atoms with E-state index in [0.717, 1.165) is 0 Å². The summed E-state index contributed by atoms with van der Waals surface area (Å²) in [7, 11) is 2.93. The number of amides is 1. The standard InChI is InChI=1S/C15H15NO4/c1-19-13-8-11(12(17)9-14(13)20-2)15(18)16-10-6-4-3-5-7-10/h3-9,17H,1-2H3,(H,16,18). The van der Waals surface area contributed by atoms with Gasteiger partial charge in [-0.15, -0.1) is 0 Å². The van der Waals surface area contributed by atoms with Gasteiger partial charge in [0.15, 0.2) is 11.5 Å². The van der Waals surface area contributed by atoms with Crippen LogP contribution in [0.4, 0.5) is 5.69 Å². The molecule has 0 radical (unpaired) electrons. The number of anilines is 1. The van der Waals surface area contributed by atoms with Gasteiger partial charge < -0.3 is 19.9 Å². The normalized spacial score (nSPS) is 9.90. The maximum atomic E-state index is 12.1. The van der Waals surface area contributed by atoms with Crippen molar-refractivity contribution in [1.82, 2.24) is 0 Å². The fraction of sp³-hybridized carbons (Fsp3) is 0.133. The van der Waals surface area contributed by atoms with Crippen LogP contribution >= 0.6 is 0 Å². The summed E-state index contributed by atoms with van der Waals surface area (Å²) in [5.74, 6) is 0.149. The highest BCUT2D eigenvalue weighted by atomic mass is 16.5. The molecule has 0 aliphatic carbocycles. The first-order valence-corrected chi connectivity index (χ1v) is 5.97. The number of nitrogens with one attached hydrogen (secondary N) is 1. The highest BCUT2D eigenvalue weighted by molar-refractivity contribution is 6.06. The van der Waals surface area contributed by atoms with Crippen molar-refractivity contribution < 1.29 is 19.4 Å². The smallest absolute Gasteiger partial charge is 0.259 e. The van der Waals surface area contributed by atoms with Crippen molar-refractivity contribution in [3.63, 3.8) is 0 Å². The Morgan fingerprint density at radius 2 is 1.65 bits per heavy atom. The predicted molar refractivity (Wildman–Crippen MR) is 75.6 cm³/mol. The molecule has 0 aliphatic rings. The average molecular weight is 273 g/mol. The van der Waals surface area contributed by atoms with Gasteiger partial charge in [0.2, 0.25) is 0 Å². The van der Waals surface area contributed by atoms with E-state index in [0.29, 0.717) is 17.2 Å². The highest BCUT2D eigenvalue weighted by Gasteiger charge is 2.16. The lowest BCUT2D eigenvalue weighted by atomic mass is 10.1. The van der Waals surface area contributed by atoms with Crippen molar-refractivity contribution >= 4 is 11.6 Å². The van der Waals surface area contributed by atoms with Crippen LogP contribution in [0, 0.1) is 0 Å². The van der Waals surface area contributed by atoms with Gasteiger partial charge in [-0.1, -0.05) is 18.2 Å². The molecule has 5 nitrogen and oxygen atoms in total. The molecule has 2 aromatic carbocycles. The van der Waals surface area contributed by atoms with Gasteiger partial charge in [0.1, 0.15) is 5.75 Å². The number of phenolic OH excluding ortho intramolecular Hbond substituents is 1. The molecule has 2 N–H and O–H groups in total. The van der Waals surface area contributed by atoms with E-state index >= 15 is 0 Å². The van der Waals surface area contributed by atoms with Crippen LogP contribution in [0.5, 0.6) is 17.2 Å². The molecule has 0 fully saturated rings. The van der Waals surface area contributed by atoms with Gasteiger partial charge in [-0.25, -0.2) is 0 Å². The van der Waals surface area contributed by atoms with Crippen molar-refractivity contribution in [2.75, 3.05) is 19.5 Å². The van der Waals surface area contributed by atoms with Crippen LogP contribution in [0.3, 0.4) is 0 Å². The van der Waals surface area contributed by atoms with Gasteiger partial charge in [-0.3, -0.25) is 4.79 Å². The quantitative estimate of drug-likeness (QED) is 0.898. The average Bonchev–Trinajstić information content (AvgIpc) is 2.47. The molecule has 104 valence electrons. The van der Waals surface area contributed by atoms with Crippen LogP contribution in [0.15, 0.2) is 42.5 Å². The Kier molecular flexibility index (Phi) is 4.10. The van der Waals surface area contributed by atoms with Gasteiger partial charge in [-0.05, 0) is 12.1 Å². The van der Waals surface area contributed by atoms with E-state index in [1.54, 1.807) is 12.1 Å². The van der Waals surface area contributed by atoms with Crippen molar-refractivity contribution in [2.45, 2.75) is 0 Å². The Hall–Kier alpha value is -2.69. The second-order valence-corrected chi connectivity index (χ2v) is 4.04. The second-order valence-electron chi connectivity index (χ2n) is 4.04. The van der Waals surface area contributed by atoms with E-state index in [1.165, 1.54) is 26.4 Å². The first-order valence-electron chi connectivity index (χ1n) is 5.97. The third-order valence-electron chi connectivity index (χ3n) is 2.78. The summed E-state index contributed by atoms with van der Waals surface area (Å²) in [5.41, 5.74) is 0.762. The van der Waals surface area contributed by atoms with Crippen molar-refractivity contribution in [3.8, 4) is 17.2 Å². The van der Waals surface area contributed by atoms with Crippen LogP contribution in [0.1, 0.15) is 10.4 Å². The largest absolute Gasteiger partial charge is 0.507 e. The molecule has 0 saturated carbocycles. The zero-order chi connectivity index (χ0) is 14.5. The first kappa shape index (κ1) is 13.7. The lowest BCUT2D eigenvalue weighted by molar-refractivity contribution is 0.102. The van der Waals surface area contributed by atoms with Crippen LogP contribution in [0.25, 0.3) is 0 Å². The molecule has 0 atom stereocenters. The molecule has 20 heavy (non-hydrogen) atoms. The maximum Gasteiger partial charge on any atom is 0.259 e. The number of aromatic hydroxyl groups is 1. The van der Waals surface area contributed by atoms with E-state index in [2.05, 4.69) is 5.32 Å². The molecular formula is C15H15NO4. The third-order valence-corrected chi connectivity index (χ3v) is 2.78. The van der Waals surface area contributed by atoms with E-state index in [-0.39, 0.29) is 11.3 Å². The number of hydrogen-bond donors (Lipinski definition) is 2. The third kappa shape index (κ3) is 2.83. The van der Waals surface area contributed by atoms with Crippen molar-refractivity contribution in [1.29, 1.82) is 0 Å². The van der Waals surface area contributed by atoms with E-state index < -0.39 is 5.91 Å². The molecule has 0 aromatic heterocycles. The number of para-hydroxylation sites is 1. The Balaban J connectivity index is 2.30. The molecule has 0 aliphatic heterocycles. The number of methoxy groups -OCH3 is 2. The van der Waals surface area contributed by atoms with Gasteiger partial charge in [-0.2, -0.15) is 0 Å². The zero-order valence-corrected chi connectivity index (χ0v) is 11.2. The fourth-order valence-corrected chi connectivity index (χ4v) is 1.77. The number of carbonyl (C=O) groups is 1. The lowest BCUT2D eigenvalue weighted by Gasteiger charge is -2.11. The number of rotatable bonds is 4.